The molecule has 1 N–H and O–H groups in total. The van der Waals surface area contributed by atoms with Gasteiger partial charge < -0.3 is 9.73 Å². The lowest BCUT2D eigenvalue weighted by Crippen LogP contribution is -2.29. The van der Waals surface area contributed by atoms with Crippen LogP contribution in [-0.4, -0.2) is 22.7 Å². The van der Waals surface area contributed by atoms with Crippen LogP contribution in [0.15, 0.2) is 83.3 Å². The third-order valence-corrected chi connectivity index (χ3v) is 5.42. The second-order valence-corrected chi connectivity index (χ2v) is 7.65. The Labute approximate surface area is 189 Å². The van der Waals surface area contributed by atoms with Crippen LogP contribution in [0.3, 0.4) is 0 Å². The van der Waals surface area contributed by atoms with Gasteiger partial charge in [0.15, 0.2) is 0 Å². The molecule has 1 aromatic heterocycles. The van der Waals surface area contributed by atoms with Gasteiger partial charge in [0.1, 0.15) is 5.76 Å². The number of amides is 3. The number of aromatic nitrogens is 1. The van der Waals surface area contributed by atoms with E-state index < -0.39 is 0 Å². The highest BCUT2D eigenvalue weighted by Crippen LogP contribution is 2.30. The molecule has 7 heteroatoms. The summed E-state index contributed by atoms with van der Waals surface area (Å²) >= 11 is 0. The van der Waals surface area contributed by atoms with E-state index in [-0.39, 0.29) is 24.1 Å². The number of oxazole rings is 1. The molecule has 0 fully saturated rings. The predicted octanol–water partition coefficient (Wildman–Crippen LogP) is 4.63. The van der Waals surface area contributed by atoms with Crippen LogP contribution in [-0.2, 0) is 11.2 Å². The van der Waals surface area contributed by atoms with E-state index >= 15 is 0 Å². The summed E-state index contributed by atoms with van der Waals surface area (Å²) in [5.41, 5.74) is 2.98. The average molecular weight is 437 g/mol. The molecule has 0 saturated heterocycles. The zero-order chi connectivity index (χ0) is 22.9. The Morgan fingerprint density at radius 1 is 0.909 bits per heavy atom. The number of anilines is 2. The van der Waals surface area contributed by atoms with Crippen molar-refractivity contribution in [1.82, 2.24) is 4.98 Å². The van der Waals surface area contributed by atoms with Crippen molar-refractivity contribution in [2.24, 2.45) is 0 Å². The molecule has 7 nitrogen and oxygen atoms in total. The lowest BCUT2D eigenvalue weighted by molar-refractivity contribution is -0.115. The second kappa shape index (κ2) is 8.20. The van der Waals surface area contributed by atoms with Gasteiger partial charge >= 0.3 is 0 Å². The Bertz CT molecular complexity index is 1360. The van der Waals surface area contributed by atoms with Crippen LogP contribution < -0.4 is 10.2 Å². The Balaban J connectivity index is 1.32. The van der Waals surface area contributed by atoms with Crippen molar-refractivity contribution in [1.29, 1.82) is 0 Å². The van der Waals surface area contributed by atoms with Gasteiger partial charge in [-0.15, -0.1) is 0 Å². The number of carbonyl (C=O) groups excluding carboxylic acids is 3. The maximum Gasteiger partial charge on any atom is 0.266 e. The zero-order valence-electron chi connectivity index (χ0n) is 17.7. The lowest BCUT2D eigenvalue weighted by atomic mass is 10.1. The third kappa shape index (κ3) is 3.80. The number of hydrogen-bond donors (Lipinski definition) is 1. The minimum absolute atomic E-state index is 0.0272. The summed E-state index contributed by atoms with van der Waals surface area (Å²) in [6, 6.07) is 22.8. The fraction of sp³-hybridized carbons (Fsp3) is 0.0769. The van der Waals surface area contributed by atoms with Gasteiger partial charge in [0, 0.05) is 11.3 Å². The monoisotopic (exact) mass is 437 g/mol. The number of imide groups is 1. The van der Waals surface area contributed by atoms with Crippen molar-refractivity contribution >= 4 is 29.1 Å². The normalized spacial score (nSPS) is 12.7. The van der Waals surface area contributed by atoms with Crippen molar-refractivity contribution in [3.05, 3.63) is 101 Å². The van der Waals surface area contributed by atoms with Crippen LogP contribution in [0.5, 0.6) is 0 Å². The van der Waals surface area contributed by atoms with Crippen LogP contribution >= 0.6 is 0 Å². The largest absolute Gasteiger partial charge is 0.441 e. The van der Waals surface area contributed by atoms with Gasteiger partial charge in [-0.3, -0.25) is 14.4 Å². The maximum absolute atomic E-state index is 12.7. The number of nitrogens with zero attached hydrogens (tertiary/aromatic N) is 2. The first-order valence-corrected chi connectivity index (χ1v) is 10.4. The van der Waals surface area contributed by atoms with E-state index in [1.165, 1.54) is 0 Å². The smallest absolute Gasteiger partial charge is 0.266 e. The highest BCUT2D eigenvalue weighted by molar-refractivity contribution is 6.34. The molecule has 3 amide bonds. The number of nitrogens with one attached hydrogen (secondary N) is 1. The molecular weight excluding hydrogens is 418 g/mol. The van der Waals surface area contributed by atoms with Gasteiger partial charge in [-0.25, -0.2) is 9.88 Å². The Morgan fingerprint density at radius 2 is 1.58 bits per heavy atom. The van der Waals surface area contributed by atoms with Gasteiger partial charge in [0.2, 0.25) is 11.8 Å². The molecule has 0 saturated carbocycles. The van der Waals surface area contributed by atoms with E-state index in [4.69, 9.17) is 4.42 Å². The van der Waals surface area contributed by atoms with Crippen LogP contribution in [0, 0.1) is 6.92 Å². The van der Waals surface area contributed by atoms with Gasteiger partial charge in [0.25, 0.3) is 11.8 Å². The molecule has 1 aliphatic heterocycles. The van der Waals surface area contributed by atoms with Crippen LogP contribution in [0.2, 0.25) is 0 Å². The zero-order valence-corrected chi connectivity index (χ0v) is 17.7. The molecule has 162 valence electrons. The first-order chi connectivity index (χ1) is 16.0. The number of carbonyl (C=O) groups is 3. The molecule has 1 aliphatic rings. The topological polar surface area (TPSA) is 92.5 Å². The standard InChI is InChI=1S/C26H19N3O4/c1-16-22(28-24(33-16)17-8-3-2-4-9-17)15-23(30)27-18-10-7-11-19(14-18)29-25(31)20-12-5-6-13-21(20)26(29)32/h2-14H,15H2,1H3,(H,27,30). The van der Waals surface area contributed by atoms with Gasteiger partial charge in [-0.1, -0.05) is 36.4 Å². The van der Waals surface area contributed by atoms with E-state index in [1.807, 2.05) is 30.3 Å². The Morgan fingerprint density at radius 3 is 2.27 bits per heavy atom. The van der Waals surface area contributed by atoms with Crippen molar-refractivity contribution in [3.63, 3.8) is 0 Å². The van der Waals surface area contributed by atoms with Gasteiger partial charge in [0.05, 0.1) is 28.9 Å². The second-order valence-electron chi connectivity index (χ2n) is 7.65. The fourth-order valence-corrected chi connectivity index (χ4v) is 3.80. The third-order valence-electron chi connectivity index (χ3n) is 5.42. The predicted molar refractivity (Wildman–Crippen MR) is 123 cm³/mol. The minimum Gasteiger partial charge on any atom is -0.441 e. The van der Waals surface area contributed by atoms with Crippen molar-refractivity contribution in [2.45, 2.75) is 13.3 Å². The summed E-state index contributed by atoms with van der Waals surface area (Å²) < 4.78 is 5.72. The molecule has 2 heterocycles. The average Bonchev–Trinajstić information content (AvgIpc) is 3.31. The van der Waals surface area contributed by atoms with Crippen molar-refractivity contribution in [3.8, 4) is 11.5 Å². The quantitative estimate of drug-likeness (QED) is 0.460. The van der Waals surface area contributed by atoms with E-state index in [0.717, 1.165) is 10.5 Å². The van der Waals surface area contributed by atoms with E-state index in [2.05, 4.69) is 10.3 Å². The summed E-state index contributed by atoms with van der Waals surface area (Å²) in [6.45, 7) is 1.77. The molecule has 0 spiro atoms. The molecule has 0 radical (unpaired) electrons. The lowest BCUT2D eigenvalue weighted by Gasteiger charge is -2.15. The molecular formula is C26H19N3O4. The number of aryl methyl sites for hydroxylation is 1. The molecule has 0 unspecified atom stereocenters. The first kappa shape index (κ1) is 20.4. The molecule has 3 aromatic carbocycles. The molecule has 5 rings (SSSR count). The maximum atomic E-state index is 12.7. The summed E-state index contributed by atoms with van der Waals surface area (Å²) in [5, 5.41) is 2.81. The highest BCUT2D eigenvalue weighted by Gasteiger charge is 2.36. The minimum atomic E-state index is -0.384. The highest BCUT2D eigenvalue weighted by atomic mass is 16.4. The number of benzene rings is 3. The van der Waals surface area contributed by atoms with Crippen LogP contribution in [0.25, 0.3) is 11.5 Å². The SMILES string of the molecule is Cc1oc(-c2ccccc2)nc1CC(=O)Nc1cccc(N2C(=O)c3ccccc3C2=O)c1. The van der Waals surface area contributed by atoms with E-state index in [0.29, 0.717) is 39.8 Å². The van der Waals surface area contributed by atoms with Crippen molar-refractivity contribution < 1.29 is 18.8 Å². The Hall–Kier alpha value is -4.52. The molecule has 0 atom stereocenters. The molecule has 33 heavy (non-hydrogen) atoms. The summed E-state index contributed by atoms with van der Waals surface area (Å²) in [6.07, 6.45) is 0.0272. The summed E-state index contributed by atoms with van der Waals surface area (Å²) in [7, 11) is 0. The number of hydrogen-bond acceptors (Lipinski definition) is 5. The van der Waals surface area contributed by atoms with Crippen LogP contribution in [0.1, 0.15) is 32.2 Å². The molecule has 0 bridgehead atoms. The van der Waals surface area contributed by atoms with Crippen LogP contribution in [0.4, 0.5) is 11.4 Å². The molecule has 4 aromatic rings. The summed E-state index contributed by atoms with van der Waals surface area (Å²) in [5.74, 6) is -0.0192. The number of fused-ring (bicyclic) bond motifs is 1. The fourth-order valence-electron chi connectivity index (χ4n) is 3.80. The number of rotatable bonds is 5. The Kier molecular flexibility index (Phi) is 5.06. The van der Waals surface area contributed by atoms with Crippen molar-refractivity contribution in [2.75, 3.05) is 10.2 Å². The van der Waals surface area contributed by atoms with E-state index in [9.17, 15) is 14.4 Å². The van der Waals surface area contributed by atoms with Gasteiger partial charge in [-0.05, 0) is 49.4 Å². The summed E-state index contributed by atoms with van der Waals surface area (Å²) in [4.78, 5) is 43.7. The van der Waals surface area contributed by atoms with E-state index in [1.54, 1.807) is 55.5 Å². The van der Waals surface area contributed by atoms with Gasteiger partial charge in [-0.2, -0.15) is 0 Å². The first-order valence-electron chi connectivity index (χ1n) is 10.4. The molecule has 0 aliphatic carbocycles.